The van der Waals surface area contributed by atoms with Crippen molar-refractivity contribution in [2.75, 3.05) is 22.6 Å². The van der Waals surface area contributed by atoms with Gasteiger partial charge in [0.05, 0.1) is 0 Å². The third-order valence-electron chi connectivity index (χ3n) is 4.56. The van der Waals surface area contributed by atoms with Crippen LogP contribution in [0.25, 0.3) is 0 Å². The Morgan fingerprint density at radius 1 is 0.818 bits per heavy atom. The molecule has 33 heavy (non-hydrogen) atoms. The molecule has 0 aliphatic heterocycles. The number of benzene rings is 2. The molecule has 2 aromatic carbocycles. The Labute approximate surface area is 192 Å². The van der Waals surface area contributed by atoms with Gasteiger partial charge in [-0.2, -0.15) is 0 Å². The zero-order chi connectivity index (χ0) is 23.0. The number of hydrogen-bond acceptors (Lipinski definition) is 7. The average Bonchev–Trinajstić information content (AvgIpc) is 2.79. The van der Waals surface area contributed by atoms with E-state index in [1.807, 2.05) is 80.6 Å². The smallest absolute Gasteiger partial charge is 0.262 e. The topological polar surface area (TPSA) is 101 Å². The maximum Gasteiger partial charge on any atom is 0.262 e. The molecule has 0 unspecified atom stereocenters. The van der Waals surface area contributed by atoms with E-state index in [2.05, 4.69) is 30.9 Å². The van der Waals surface area contributed by atoms with Crippen LogP contribution in [0, 0.1) is 13.8 Å². The average molecular weight is 441 g/mol. The van der Waals surface area contributed by atoms with Crippen molar-refractivity contribution < 1.29 is 9.53 Å². The lowest BCUT2D eigenvalue weighted by atomic mass is 10.2. The van der Waals surface area contributed by atoms with Gasteiger partial charge in [-0.1, -0.05) is 18.2 Å². The first kappa shape index (κ1) is 21.8. The van der Waals surface area contributed by atoms with Crippen LogP contribution in [-0.2, 0) is 4.79 Å². The number of nitrogens with one attached hydrogen (secondary N) is 3. The summed E-state index contributed by atoms with van der Waals surface area (Å²) in [5.74, 6) is 3.05. The fourth-order valence-corrected chi connectivity index (χ4v) is 3.10. The molecule has 0 spiro atoms. The molecule has 3 N–H and O–H groups in total. The van der Waals surface area contributed by atoms with Gasteiger partial charge in [0.1, 0.15) is 29.0 Å². The number of amides is 1. The van der Waals surface area contributed by atoms with Crippen LogP contribution in [0.1, 0.15) is 11.4 Å². The molecule has 0 saturated heterocycles. The number of carbonyl (C=O) groups excluding carboxylic acids is 1. The summed E-state index contributed by atoms with van der Waals surface area (Å²) in [5.41, 5.74) is 2.58. The molecule has 1 amide bonds. The van der Waals surface area contributed by atoms with E-state index in [0.717, 1.165) is 11.3 Å². The van der Waals surface area contributed by atoms with E-state index in [-0.39, 0.29) is 12.5 Å². The van der Waals surface area contributed by atoms with Crippen LogP contribution < -0.4 is 20.7 Å². The molecule has 166 valence electrons. The number of nitrogens with zero attached hydrogens (tertiary/aromatic N) is 3. The number of aryl methyl sites for hydroxylation is 2. The van der Waals surface area contributed by atoms with E-state index in [0.29, 0.717) is 34.7 Å². The Hall–Kier alpha value is -4.46. The van der Waals surface area contributed by atoms with Gasteiger partial charge in [0.15, 0.2) is 6.61 Å². The van der Waals surface area contributed by atoms with Crippen molar-refractivity contribution in [1.29, 1.82) is 0 Å². The number of hydrogen-bond donors (Lipinski definition) is 3. The normalized spacial score (nSPS) is 10.4. The van der Waals surface area contributed by atoms with Crippen LogP contribution in [0.3, 0.4) is 0 Å². The number of aromatic nitrogens is 3. The van der Waals surface area contributed by atoms with Gasteiger partial charge in [0, 0.05) is 23.6 Å². The van der Waals surface area contributed by atoms with Crippen LogP contribution in [0.4, 0.5) is 28.8 Å². The zero-order valence-electron chi connectivity index (χ0n) is 18.4. The minimum Gasteiger partial charge on any atom is -0.484 e. The van der Waals surface area contributed by atoms with E-state index >= 15 is 0 Å². The Kier molecular flexibility index (Phi) is 6.75. The van der Waals surface area contributed by atoms with Gasteiger partial charge >= 0.3 is 0 Å². The summed E-state index contributed by atoms with van der Waals surface area (Å²) in [6.07, 6.45) is 1.71. The molecule has 0 aliphatic carbocycles. The summed E-state index contributed by atoms with van der Waals surface area (Å²) in [5, 5.41) is 9.25. The third-order valence-corrected chi connectivity index (χ3v) is 4.56. The maximum atomic E-state index is 12.2. The lowest BCUT2D eigenvalue weighted by molar-refractivity contribution is -0.118. The highest BCUT2D eigenvalue weighted by atomic mass is 16.5. The molecule has 0 fully saturated rings. The predicted molar refractivity (Wildman–Crippen MR) is 129 cm³/mol. The second-order valence-corrected chi connectivity index (χ2v) is 7.38. The lowest BCUT2D eigenvalue weighted by Gasteiger charge is -2.11. The molecule has 2 heterocycles. The van der Waals surface area contributed by atoms with E-state index in [4.69, 9.17) is 4.74 Å². The number of carbonyl (C=O) groups is 1. The van der Waals surface area contributed by atoms with Gasteiger partial charge in [-0.25, -0.2) is 15.0 Å². The minimum atomic E-state index is -0.228. The second kappa shape index (κ2) is 10.2. The highest BCUT2D eigenvalue weighted by Gasteiger charge is 2.06. The molecule has 0 aliphatic rings. The van der Waals surface area contributed by atoms with E-state index in [1.54, 1.807) is 12.3 Å². The number of anilines is 5. The van der Waals surface area contributed by atoms with Crippen molar-refractivity contribution in [1.82, 2.24) is 15.0 Å². The molecule has 0 radical (unpaired) electrons. The molecule has 0 atom stereocenters. The van der Waals surface area contributed by atoms with Crippen molar-refractivity contribution in [3.05, 3.63) is 90.4 Å². The van der Waals surface area contributed by atoms with Gasteiger partial charge in [-0.15, -0.1) is 0 Å². The fraction of sp³-hybridized carbons (Fsp3) is 0.120. The Morgan fingerprint density at radius 3 is 2.30 bits per heavy atom. The molecule has 0 saturated carbocycles. The first-order chi connectivity index (χ1) is 16.0. The van der Waals surface area contributed by atoms with Crippen molar-refractivity contribution in [2.45, 2.75) is 13.8 Å². The standard InChI is InChI=1S/C25H24N6O2/c1-17-6-5-7-21(14-17)33-16-25(32)30-20-11-9-19(10-12-20)29-23-15-24(28-18(2)27-23)31-22-8-3-4-13-26-22/h3-15H,16H2,1-2H3,(H,30,32)(H2,26,27,28,29,31). The highest BCUT2D eigenvalue weighted by Crippen LogP contribution is 2.21. The quantitative estimate of drug-likeness (QED) is 0.355. The van der Waals surface area contributed by atoms with Crippen LogP contribution >= 0.6 is 0 Å². The largest absolute Gasteiger partial charge is 0.484 e. The molecule has 0 bridgehead atoms. The summed E-state index contributed by atoms with van der Waals surface area (Å²) in [6, 6.07) is 22.4. The molecular formula is C25H24N6O2. The molecular weight excluding hydrogens is 416 g/mol. The lowest BCUT2D eigenvalue weighted by Crippen LogP contribution is -2.20. The first-order valence-electron chi connectivity index (χ1n) is 10.4. The van der Waals surface area contributed by atoms with Gasteiger partial charge < -0.3 is 20.7 Å². The van der Waals surface area contributed by atoms with Crippen LogP contribution in [0.15, 0.2) is 79.0 Å². The van der Waals surface area contributed by atoms with Crippen molar-refractivity contribution >= 4 is 34.7 Å². The van der Waals surface area contributed by atoms with Gasteiger partial charge in [-0.3, -0.25) is 4.79 Å². The van der Waals surface area contributed by atoms with Crippen LogP contribution in [0.5, 0.6) is 5.75 Å². The van der Waals surface area contributed by atoms with Gasteiger partial charge in [0.2, 0.25) is 0 Å². The predicted octanol–water partition coefficient (Wildman–Crippen LogP) is 4.99. The van der Waals surface area contributed by atoms with Gasteiger partial charge in [-0.05, 0) is 67.9 Å². The fourth-order valence-electron chi connectivity index (χ4n) is 3.10. The third kappa shape index (κ3) is 6.51. The first-order valence-corrected chi connectivity index (χ1v) is 10.4. The molecule has 8 nitrogen and oxygen atoms in total. The van der Waals surface area contributed by atoms with E-state index < -0.39 is 0 Å². The summed E-state index contributed by atoms with van der Waals surface area (Å²) >= 11 is 0. The highest BCUT2D eigenvalue weighted by molar-refractivity contribution is 5.92. The SMILES string of the molecule is Cc1cccc(OCC(=O)Nc2ccc(Nc3cc(Nc4ccccn4)nc(C)n3)cc2)c1. The molecule has 8 heteroatoms. The minimum absolute atomic E-state index is 0.0598. The van der Waals surface area contributed by atoms with Crippen molar-refractivity contribution in [2.24, 2.45) is 0 Å². The molecule has 2 aromatic heterocycles. The summed E-state index contributed by atoms with van der Waals surface area (Å²) in [6.45, 7) is 3.74. The summed E-state index contributed by atoms with van der Waals surface area (Å²) < 4.78 is 5.54. The Morgan fingerprint density at radius 2 is 1.58 bits per heavy atom. The monoisotopic (exact) mass is 440 g/mol. The maximum absolute atomic E-state index is 12.2. The van der Waals surface area contributed by atoms with Crippen LogP contribution in [-0.4, -0.2) is 27.5 Å². The summed E-state index contributed by atoms with van der Waals surface area (Å²) in [4.78, 5) is 25.3. The van der Waals surface area contributed by atoms with Crippen molar-refractivity contribution in [3.63, 3.8) is 0 Å². The van der Waals surface area contributed by atoms with Crippen LogP contribution in [0.2, 0.25) is 0 Å². The van der Waals surface area contributed by atoms with E-state index in [9.17, 15) is 4.79 Å². The Balaban J connectivity index is 1.34. The van der Waals surface area contributed by atoms with Gasteiger partial charge in [0.25, 0.3) is 5.91 Å². The van der Waals surface area contributed by atoms with E-state index in [1.165, 1.54) is 0 Å². The number of rotatable bonds is 8. The Bertz CT molecular complexity index is 1230. The van der Waals surface area contributed by atoms with Crippen molar-refractivity contribution in [3.8, 4) is 5.75 Å². The zero-order valence-corrected chi connectivity index (χ0v) is 18.4. The second-order valence-electron chi connectivity index (χ2n) is 7.38. The number of ether oxygens (including phenoxy) is 1. The summed E-state index contributed by atoms with van der Waals surface area (Å²) in [7, 11) is 0. The molecule has 4 aromatic rings. The number of pyridine rings is 1. The molecule has 4 rings (SSSR count).